The van der Waals surface area contributed by atoms with E-state index in [2.05, 4.69) is 15.5 Å². The second kappa shape index (κ2) is 9.07. The highest BCUT2D eigenvalue weighted by atomic mass is 35.5. The van der Waals surface area contributed by atoms with Gasteiger partial charge in [0, 0.05) is 5.02 Å². The lowest BCUT2D eigenvalue weighted by atomic mass is 9.92. The Morgan fingerprint density at radius 2 is 1.94 bits per heavy atom. The van der Waals surface area contributed by atoms with Gasteiger partial charge >= 0.3 is 5.91 Å². The topological polar surface area (TPSA) is 133 Å². The number of thiazole rings is 1. The van der Waals surface area contributed by atoms with Gasteiger partial charge in [-0.3, -0.25) is 19.2 Å². The number of benzene rings is 2. The van der Waals surface area contributed by atoms with Crippen molar-refractivity contribution in [1.82, 2.24) is 10.4 Å². The number of halogens is 2. The number of nitrogens with one attached hydrogen (secondary N) is 1. The maximum Gasteiger partial charge on any atom is 0.302 e. The molecule has 0 unspecified atom stereocenters. The van der Waals surface area contributed by atoms with E-state index >= 15 is 0 Å². The summed E-state index contributed by atoms with van der Waals surface area (Å²) in [4.78, 5) is 56.4. The molecule has 3 amide bonds. The summed E-state index contributed by atoms with van der Waals surface area (Å²) in [6.07, 6.45) is -0.520. The highest BCUT2D eigenvalue weighted by molar-refractivity contribution is 7.19. The zero-order valence-electron chi connectivity index (χ0n) is 16.4. The van der Waals surface area contributed by atoms with Crippen molar-refractivity contribution in [2.45, 2.75) is 12.3 Å². The Morgan fingerprint density at radius 3 is 2.67 bits per heavy atom. The molecule has 0 radical (unpaired) electrons. The summed E-state index contributed by atoms with van der Waals surface area (Å²) in [7, 11) is 0. The van der Waals surface area contributed by atoms with E-state index in [1.807, 2.05) is 0 Å². The Balaban J connectivity index is 1.85. The molecule has 0 saturated carbocycles. The molecule has 1 aliphatic heterocycles. The number of piperidine rings is 1. The number of hydrogen-bond acceptors (Lipinski definition) is 8. The van der Waals surface area contributed by atoms with Crippen LogP contribution in [-0.2, 0) is 19.2 Å². The van der Waals surface area contributed by atoms with E-state index in [1.54, 1.807) is 30.3 Å². The number of hydrogen-bond donors (Lipinski definition) is 1. The van der Waals surface area contributed by atoms with Crippen LogP contribution in [0.25, 0.3) is 10.2 Å². The Kier molecular flexibility index (Phi) is 6.20. The van der Waals surface area contributed by atoms with Gasteiger partial charge in [-0.1, -0.05) is 35.3 Å². The summed E-state index contributed by atoms with van der Waals surface area (Å²) in [5.41, 5.74) is 2.10. The van der Waals surface area contributed by atoms with E-state index in [0.717, 1.165) is 16.0 Å². The number of hydrazone groups is 1. The van der Waals surface area contributed by atoms with Crippen LogP contribution >= 0.6 is 34.5 Å². The average Bonchev–Trinajstić information content (AvgIpc) is 3.21. The Labute approximate surface area is 200 Å². The molecule has 0 aliphatic carbocycles. The number of imide groups is 1. The summed E-state index contributed by atoms with van der Waals surface area (Å²) in [5.74, 6) is -5.35. The van der Waals surface area contributed by atoms with Gasteiger partial charge in [0.1, 0.15) is 23.1 Å². The molecule has 2 aromatic carbocycles. The molecule has 164 valence electrons. The van der Waals surface area contributed by atoms with Gasteiger partial charge in [-0.2, -0.15) is 10.4 Å². The third-order valence-electron chi connectivity index (χ3n) is 4.62. The van der Waals surface area contributed by atoms with Crippen molar-refractivity contribution in [2.75, 3.05) is 4.90 Å². The monoisotopic (exact) mass is 499 g/mol. The van der Waals surface area contributed by atoms with Crippen molar-refractivity contribution in [3.63, 3.8) is 0 Å². The summed E-state index contributed by atoms with van der Waals surface area (Å²) >= 11 is 13.3. The van der Waals surface area contributed by atoms with Gasteiger partial charge in [0.2, 0.25) is 5.78 Å². The van der Waals surface area contributed by atoms with Crippen LogP contribution in [0.2, 0.25) is 10.0 Å². The lowest BCUT2D eigenvalue weighted by Crippen LogP contribution is -2.55. The molecule has 9 nitrogen and oxygen atoms in total. The van der Waals surface area contributed by atoms with Crippen molar-refractivity contribution in [2.24, 2.45) is 5.10 Å². The first kappa shape index (κ1) is 22.5. The van der Waals surface area contributed by atoms with E-state index in [4.69, 9.17) is 28.5 Å². The number of anilines is 1. The van der Waals surface area contributed by atoms with Gasteiger partial charge in [-0.15, -0.1) is 11.3 Å². The number of amides is 3. The minimum absolute atomic E-state index is 0.000188. The maximum atomic E-state index is 13.4. The van der Waals surface area contributed by atoms with E-state index in [9.17, 15) is 19.2 Å². The number of carbonyl (C=O) groups excluding carboxylic acids is 4. The first-order valence-corrected chi connectivity index (χ1v) is 10.9. The molecule has 33 heavy (non-hydrogen) atoms. The number of carbonyl (C=O) groups is 4. The van der Waals surface area contributed by atoms with Gasteiger partial charge in [-0.25, -0.2) is 15.3 Å². The van der Waals surface area contributed by atoms with Crippen LogP contribution in [0, 0.1) is 11.3 Å². The van der Waals surface area contributed by atoms with Gasteiger partial charge in [0.05, 0.1) is 27.0 Å². The quantitative estimate of drug-likeness (QED) is 0.332. The predicted molar refractivity (Wildman–Crippen MR) is 122 cm³/mol. The van der Waals surface area contributed by atoms with Crippen LogP contribution in [0.4, 0.5) is 5.69 Å². The van der Waals surface area contributed by atoms with E-state index in [-0.39, 0.29) is 20.7 Å². The van der Waals surface area contributed by atoms with Crippen LogP contribution in [0.15, 0.2) is 47.6 Å². The molecule has 12 heteroatoms. The lowest BCUT2D eigenvalue weighted by Gasteiger charge is -2.29. The van der Waals surface area contributed by atoms with Crippen LogP contribution in [0.1, 0.15) is 17.3 Å². The number of rotatable bonds is 4. The SMILES string of the molecule is N#CCC(=O)N/N=C1/C(=O)N(c2cc(Cl)ccc2Cl)C(=O)C(=O)[C@H]1c1nc2ccccc2s1. The van der Waals surface area contributed by atoms with Crippen LogP contribution in [-0.4, -0.2) is 34.2 Å². The lowest BCUT2D eigenvalue weighted by molar-refractivity contribution is -0.139. The molecule has 1 atom stereocenters. The first-order chi connectivity index (χ1) is 15.8. The molecule has 0 bridgehead atoms. The smallest absolute Gasteiger partial charge is 0.287 e. The molecule has 1 saturated heterocycles. The largest absolute Gasteiger partial charge is 0.302 e. The highest BCUT2D eigenvalue weighted by Gasteiger charge is 2.49. The molecular weight excluding hydrogens is 489 g/mol. The van der Waals surface area contributed by atoms with Crippen molar-refractivity contribution in [1.29, 1.82) is 5.26 Å². The van der Waals surface area contributed by atoms with Crippen molar-refractivity contribution in [3.8, 4) is 6.07 Å². The third-order valence-corrected chi connectivity index (χ3v) is 6.27. The number of nitrogens with zero attached hydrogens (tertiary/aromatic N) is 4. The third kappa shape index (κ3) is 4.21. The fraction of sp³-hybridized carbons (Fsp3) is 0.0952. The zero-order chi connectivity index (χ0) is 23.7. The molecule has 2 heterocycles. The van der Waals surface area contributed by atoms with Crippen molar-refractivity contribution >= 4 is 79.7 Å². The summed E-state index contributed by atoms with van der Waals surface area (Å²) in [6, 6.07) is 12.8. The fourth-order valence-electron chi connectivity index (χ4n) is 3.15. The Hall–Kier alpha value is -3.65. The number of para-hydroxylation sites is 1. The van der Waals surface area contributed by atoms with E-state index < -0.39 is 41.6 Å². The Bertz CT molecular complexity index is 1380. The number of fused-ring (bicyclic) bond motifs is 1. The number of nitriles is 1. The van der Waals surface area contributed by atoms with Gasteiger partial charge in [-0.05, 0) is 30.3 Å². The molecule has 0 spiro atoms. The summed E-state index contributed by atoms with van der Waals surface area (Å²) in [5, 5.41) is 12.8. The number of ketones is 1. The summed E-state index contributed by atoms with van der Waals surface area (Å²) < 4.78 is 0.730. The van der Waals surface area contributed by atoms with Crippen molar-refractivity contribution < 1.29 is 19.2 Å². The van der Waals surface area contributed by atoms with Crippen LogP contribution < -0.4 is 10.3 Å². The number of aromatic nitrogens is 1. The Morgan fingerprint density at radius 1 is 1.18 bits per heavy atom. The molecule has 1 aromatic heterocycles. The minimum atomic E-state index is -1.45. The molecule has 1 aliphatic rings. The van der Waals surface area contributed by atoms with Gasteiger partial charge in [0.25, 0.3) is 11.8 Å². The zero-order valence-corrected chi connectivity index (χ0v) is 18.7. The number of Topliss-reactive ketones (excluding diaryl/α,β-unsaturated/α-hetero) is 1. The molecular formula is C21H11Cl2N5O4S. The highest BCUT2D eigenvalue weighted by Crippen LogP contribution is 2.36. The average molecular weight is 500 g/mol. The second-order valence-corrected chi connectivity index (χ2v) is 8.63. The van der Waals surface area contributed by atoms with Crippen LogP contribution in [0.3, 0.4) is 0 Å². The molecule has 1 N–H and O–H groups in total. The first-order valence-electron chi connectivity index (χ1n) is 9.28. The van der Waals surface area contributed by atoms with Gasteiger partial charge in [0.15, 0.2) is 0 Å². The van der Waals surface area contributed by atoms with Crippen molar-refractivity contribution in [3.05, 3.63) is 57.5 Å². The van der Waals surface area contributed by atoms with E-state index in [1.165, 1.54) is 18.2 Å². The van der Waals surface area contributed by atoms with E-state index in [0.29, 0.717) is 10.4 Å². The molecule has 4 rings (SSSR count). The molecule has 3 aromatic rings. The maximum absolute atomic E-state index is 13.4. The van der Waals surface area contributed by atoms with Gasteiger partial charge < -0.3 is 0 Å². The molecule has 1 fully saturated rings. The predicted octanol–water partition coefficient (Wildman–Crippen LogP) is 3.22. The standard InChI is InChI=1S/C21H11Cl2N5O4S/c22-10-5-6-11(23)13(9-10)28-20(31)17(27-26-15(29)7-8-24)16(18(30)21(28)32)19-25-12-3-1-2-4-14(12)33-19/h1-6,9,16H,7H2,(H,26,29)/b27-17+/t16-/m0/s1. The fourth-order valence-corrected chi connectivity index (χ4v) is 4.59. The minimum Gasteiger partial charge on any atom is -0.287 e. The van der Waals surface area contributed by atoms with Crippen LogP contribution in [0.5, 0.6) is 0 Å². The second-order valence-electron chi connectivity index (χ2n) is 6.73. The summed E-state index contributed by atoms with van der Waals surface area (Å²) in [6.45, 7) is 0. The normalized spacial score (nSPS) is 17.5.